The lowest BCUT2D eigenvalue weighted by atomic mass is 9.88. The van der Waals surface area contributed by atoms with Crippen LogP contribution in [0.5, 0.6) is 0 Å². The summed E-state index contributed by atoms with van der Waals surface area (Å²) in [5, 5.41) is 3.01. The maximum atomic E-state index is 12.2. The van der Waals surface area contributed by atoms with Crippen LogP contribution in [0, 0.1) is 12.3 Å². The van der Waals surface area contributed by atoms with E-state index in [9.17, 15) is 4.79 Å². The molecule has 0 bridgehead atoms. The molecule has 1 atom stereocenters. The Labute approximate surface area is 109 Å². The molecule has 0 aliphatic carbocycles. The molecule has 1 aromatic rings. The third-order valence-corrected chi connectivity index (χ3v) is 3.21. The van der Waals surface area contributed by atoms with E-state index in [2.05, 4.69) is 36.1 Å². The third-order valence-electron chi connectivity index (χ3n) is 3.21. The molecule has 1 amide bonds. The predicted octanol–water partition coefficient (Wildman–Crippen LogP) is 2.51. The Morgan fingerprint density at radius 3 is 2.56 bits per heavy atom. The zero-order chi connectivity index (χ0) is 13.9. The van der Waals surface area contributed by atoms with Gasteiger partial charge < -0.3 is 5.32 Å². The van der Waals surface area contributed by atoms with Crippen molar-refractivity contribution in [3.05, 3.63) is 23.3 Å². The van der Waals surface area contributed by atoms with E-state index in [0.29, 0.717) is 11.4 Å². The smallest absolute Gasteiger partial charge is 0.254 e. The van der Waals surface area contributed by atoms with Crippen LogP contribution >= 0.6 is 0 Å². The van der Waals surface area contributed by atoms with Crippen LogP contribution < -0.4 is 5.32 Å². The van der Waals surface area contributed by atoms with Crippen molar-refractivity contribution >= 4 is 5.91 Å². The average molecular weight is 249 g/mol. The molecule has 0 aliphatic heterocycles. The van der Waals surface area contributed by atoms with Crippen molar-refractivity contribution in [1.29, 1.82) is 0 Å². The van der Waals surface area contributed by atoms with Crippen molar-refractivity contribution in [3.8, 4) is 0 Å². The minimum absolute atomic E-state index is 0.0353. The molecule has 0 aliphatic rings. The highest BCUT2D eigenvalue weighted by molar-refractivity contribution is 5.95. The molecule has 1 unspecified atom stereocenters. The molecule has 1 aromatic heterocycles. The number of amides is 1. The normalized spacial score (nSPS) is 13.2. The average Bonchev–Trinajstić information content (AvgIpc) is 2.27. The summed E-state index contributed by atoms with van der Waals surface area (Å²) in [4.78, 5) is 20.6. The van der Waals surface area contributed by atoms with Crippen molar-refractivity contribution in [2.24, 2.45) is 5.41 Å². The van der Waals surface area contributed by atoms with Gasteiger partial charge in [0.15, 0.2) is 0 Å². The molecule has 100 valence electrons. The summed E-state index contributed by atoms with van der Waals surface area (Å²) >= 11 is 0. The number of carbonyl (C=O) groups is 1. The maximum Gasteiger partial charge on any atom is 0.254 e. The molecule has 0 saturated carbocycles. The number of nitrogens with one attached hydrogen (secondary N) is 1. The van der Waals surface area contributed by atoms with Crippen LogP contribution in [-0.2, 0) is 6.42 Å². The van der Waals surface area contributed by atoms with E-state index in [1.165, 1.54) is 0 Å². The van der Waals surface area contributed by atoms with Gasteiger partial charge in [0.2, 0.25) is 0 Å². The van der Waals surface area contributed by atoms with Crippen molar-refractivity contribution in [3.63, 3.8) is 0 Å². The van der Waals surface area contributed by atoms with Crippen LogP contribution in [0.4, 0.5) is 0 Å². The summed E-state index contributed by atoms with van der Waals surface area (Å²) in [5.41, 5.74) is 1.42. The summed E-state index contributed by atoms with van der Waals surface area (Å²) in [5.74, 6) is 0.613. The number of aryl methyl sites for hydroxylation is 2. The minimum Gasteiger partial charge on any atom is -0.349 e. The van der Waals surface area contributed by atoms with Gasteiger partial charge in [-0.25, -0.2) is 9.97 Å². The summed E-state index contributed by atoms with van der Waals surface area (Å²) < 4.78 is 0. The van der Waals surface area contributed by atoms with Crippen LogP contribution in [0.3, 0.4) is 0 Å². The fourth-order valence-electron chi connectivity index (χ4n) is 1.47. The summed E-state index contributed by atoms with van der Waals surface area (Å²) in [6.07, 6.45) is 2.35. The molecule has 4 nitrogen and oxygen atoms in total. The van der Waals surface area contributed by atoms with Crippen LogP contribution in [0.15, 0.2) is 6.20 Å². The highest BCUT2D eigenvalue weighted by Gasteiger charge is 2.23. The van der Waals surface area contributed by atoms with Crippen LogP contribution in [0.25, 0.3) is 0 Å². The summed E-state index contributed by atoms with van der Waals surface area (Å²) in [6.45, 7) is 12.1. The molecule has 1 rings (SSSR count). The molecule has 0 aromatic carbocycles. The van der Waals surface area contributed by atoms with E-state index in [0.717, 1.165) is 12.1 Å². The van der Waals surface area contributed by atoms with E-state index in [4.69, 9.17) is 0 Å². The lowest BCUT2D eigenvalue weighted by Crippen LogP contribution is -2.41. The van der Waals surface area contributed by atoms with E-state index in [-0.39, 0.29) is 17.4 Å². The molecule has 4 heteroatoms. The molecule has 1 heterocycles. The van der Waals surface area contributed by atoms with Gasteiger partial charge in [-0.15, -0.1) is 0 Å². The number of hydrogen-bond donors (Lipinski definition) is 1. The first-order valence-corrected chi connectivity index (χ1v) is 6.39. The molecule has 0 radical (unpaired) electrons. The Balaban J connectivity index is 2.91. The molecule has 0 fully saturated rings. The highest BCUT2D eigenvalue weighted by Crippen LogP contribution is 2.19. The number of hydrogen-bond acceptors (Lipinski definition) is 3. The van der Waals surface area contributed by atoms with Gasteiger partial charge in [-0.05, 0) is 25.7 Å². The number of carbonyl (C=O) groups excluding carboxylic acids is 1. The van der Waals surface area contributed by atoms with Crippen LogP contribution in [0.2, 0.25) is 0 Å². The molecule has 0 saturated heterocycles. The Morgan fingerprint density at radius 1 is 1.44 bits per heavy atom. The monoisotopic (exact) mass is 249 g/mol. The molecular weight excluding hydrogens is 226 g/mol. The summed E-state index contributed by atoms with van der Waals surface area (Å²) in [6, 6.07) is 0.0935. The molecule has 18 heavy (non-hydrogen) atoms. The second-order valence-corrected chi connectivity index (χ2v) is 5.69. The first kappa shape index (κ1) is 14.6. The molecule has 0 spiro atoms. The van der Waals surface area contributed by atoms with Crippen molar-refractivity contribution in [2.75, 3.05) is 0 Å². The van der Waals surface area contributed by atoms with E-state index >= 15 is 0 Å². The van der Waals surface area contributed by atoms with Gasteiger partial charge in [0.05, 0.1) is 11.3 Å². The zero-order valence-corrected chi connectivity index (χ0v) is 12.2. The minimum atomic E-state index is -0.0886. The van der Waals surface area contributed by atoms with E-state index < -0.39 is 0 Å². The van der Waals surface area contributed by atoms with Crippen LogP contribution in [0.1, 0.15) is 56.5 Å². The maximum absolute atomic E-state index is 12.2. The zero-order valence-electron chi connectivity index (χ0n) is 12.2. The fourth-order valence-corrected chi connectivity index (χ4v) is 1.47. The van der Waals surface area contributed by atoms with Gasteiger partial charge in [0, 0.05) is 12.2 Å². The van der Waals surface area contributed by atoms with E-state index in [1.54, 1.807) is 6.20 Å². The van der Waals surface area contributed by atoms with E-state index in [1.807, 2.05) is 20.8 Å². The first-order chi connectivity index (χ1) is 8.25. The van der Waals surface area contributed by atoms with Crippen molar-refractivity contribution in [1.82, 2.24) is 15.3 Å². The second-order valence-electron chi connectivity index (χ2n) is 5.69. The second kappa shape index (κ2) is 5.46. The molecular formula is C14H23N3O. The van der Waals surface area contributed by atoms with Gasteiger partial charge >= 0.3 is 0 Å². The first-order valence-electron chi connectivity index (χ1n) is 6.39. The SMILES string of the molecule is CCc1nc(C)ncc1C(=O)NC(C)C(C)(C)C. The highest BCUT2D eigenvalue weighted by atomic mass is 16.1. The van der Waals surface area contributed by atoms with Gasteiger partial charge in [0.25, 0.3) is 5.91 Å². The van der Waals surface area contributed by atoms with Gasteiger partial charge in [0.1, 0.15) is 5.82 Å². The number of nitrogens with zero attached hydrogens (tertiary/aromatic N) is 2. The Morgan fingerprint density at radius 2 is 2.06 bits per heavy atom. The third kappa shape index (κ3) is 3.52. The fraction of sp³-hybridized carbons (Fsp3) is 0.643. The number of rotatable bonds is 3. The van der Waals surface area contributed by atoms with Gasteiger partial charge in [-0.1, -0.05) is 27.7 Å². The topological polar surface area (TPSA) is 54.9 Å². The Bertz CT molecular complexity index is 435. The van der Waals surface area contributed by atoms with Gasteiger partial charge in [-0.3, -0.25) is 4.79 Å². The van der Waals surface area contributed by atoms with Gasteiger partial charge in [-0.2, -0.15) is 0 Å². The lowest BCUT2D eigenvalue weighted by Gasteiger charge is -2.28. The molecule has 1 N–H and O–H groups in total. The Kier molecular flexibility index (Phi) is 4.43. The largest absolute Gasteiger partial charge is 0.349 e. The quantitative estimate of drug-likeness (QED) is 0.895. The standard InChI is InChI=1S/C14H23N3O/c1-7-12-11(8-15-10(3)17-12)13(18)16-9(2)14(4,5)6/h8-9H,7H2,1-6H3,(H,16,18). The number of aromatic nitrogens is 2. The van der Waals surface area contributed by atoms with Crippen molar-refractivity contribution < 1.29 is 4.79 Å². The van der Waals surface area contributed by atoms with Crippen molar-refractivity contribution in [2.45, 2.75) is 54.0 Å². The lowest BCUT2D eigenvalue weighted by molar-refractivity contribution is 0.0908. The Hall–Kier alpha value is -1.45. The van der Waals surface area contributed by atoms with Crippen LogP contribution in [-0.4, -0.2) is 21.9 Å². The predicted molar refractivity (Wildman–Crippen MR) is 72.5 cm³/mol. The summed E-state index contributed by atoms with van der Waals surface area (Å²) in [7, 11) is 0.